The Morgan fingerprint density at radius 1 is 0.808 bits per heavy atom. The van der Waals surface area contributed by atoms with Crippen LogP contribution in [0.2, 0.25) is 0 Å². The van der Waals surface area contributed by atoms with Gasteiger partial charge in [-0.05, 0) is 79.1 Å². The average molecular weight is 359 g/mol. The first-order valence-corrected chi connectivity index (χ1v) is 9.86. The topological polar surface area (TPSA) is 0 Å². The molecule has 0 amide bonds. The van der Waals surface area contributed by atoms with E-state index in [1.165, 1.54) is 37.6 Å². The molecule has 0 saturated carbocycles. The third-order valence-corrected chi connectivity index (χ3v) is 6.01. The summed E-state index contributed by atoms with van der Waals surface area (Å²) in [6.45, 7) is 14.4. The molecule has 1 aromatic heterocycles. The molecule has 3 aromatic rings. The van der Waals surface area contributed by atoms with Gasteiger partial charge in [0.2, 0.25) is 0 Å². The second-order valence-electron chi connectivity index (χ2n) is 7.07. The van der Waals surface area contributed by atoms with Gasteiger partial charge in [-0.15, -0.1) is 11.3 Å². The van der Waals surface area contributed by atoms with Crippen molar-refractivity contribution in [3.05, 3.63) is 94.9 Å². The molecule has 0 aliphatic heterocycles. The molecule has 0 aliphatic carbocycles. The SMILES string of the molecule is C=C(C)c1ccc(-c2ccc(CCc3ccc(C(=C)C)c(C)c3)cc2)s1. The van der Waals surface area contributed by atoms with Gasteiger partial charge in [-0.2, -0.15) is 0 Å². The minimum atomic E-state index is 1.06. The predicted octanol–water partition coefficient (Wildman–Crippen LogP) is 7.57. The predicted molar refractivity (Wildman–Crippen MR) is 118 cm³/mol. The van der Waals surface area contributed by atoms with Crippen LogP contribution in [-0.4, -0.2) is 0 Å². The van der Waals surface area contributed by atoms with Crippen LogP contribution in [0.5, 0.6) is 0 Å². The maximum absolute atomic E-state index is 4.05. The third-order valence-electron chi connectivity index (χ3n) is 4.72. The first kappa shape index (κ1) is 18.4. The van der Waals surface area contributed by atoms with Crippen LogP contribution in [0.15, 0.2) is 67.8 Å². The molecule has 0 atom stereocenters. The summed E-state index contributed by atoms with van der Waals surface area (Å²) in [6.07, 6.45) is 2.13. The highest BCUT2D eigenvalue weighted by Gasteiger charge is 2.05. The third kappa shape index (κ3) is 4.23. The lowest BCUT2D eigenvalue weighted by Gasteiger charge is -2.09. The van der Waals surface area contributed by atoms with Crippen LogP contribution in [0.3, 0.4) is 0 Å². The summed E-state index contributed by atoms with van der Waals surface area (Å²) >= 11 is 1.81. The van der Waals surface area contributed by atoms with E-state index in [1.807, 2.05) is 11.3 Å². The Morgan fingerprint density at radius 3 is 2.04 bits per heavy atom. The maximum atomic E-state index is 4.05. The van der Waals surface area contributed by atoms with Crippen LogP contribution in [0.4, 0.5) is 0 Å². The van der Waals surface area contributed by atoms with E-state index in [0.29, 0.717) is 0 Å². The Labute approximate surface area is 161 Å². The second kappa shape index (κ2) is 7.88. The largest absolute Gasteiger partial charge is 0.136 e. The van der Waals surface area contributed by atoms with Crippen LogP contribution in [0.1, 0.15) is 41.0 Å². The monoisotopic (exact) mass is 358 g/mol. The molecule has 0 bridgehead atoms. The van der Waals surface area contributed by atoms with E-state index in [4.69, 9.17) is 0 Å². The van der Waals surface area contributed by atoms with E-state index in [1.54, 1.807) is 0 Å². The molecule has 1 heterocycles. The normalized spacial score (nSPS) is 10.7. The molecule has 0 N–H and O–H groups in total. The molecule has 1 heteroatoms. The van der Waals surface area contributed by atoms with Crippen molar-refractivity contribution >= 4 is 22.5 Å². The van der Waals surface area contributed by atoms with Crippen molar-refractivity contribution < 1.29 is 0 Å². The molecule has 0 saturated heterocycles. The molecule has 0 spiro atoms. The number of thiophene rings is 1. The van der Waals surface area contributed by atoms with Crippen LogP contribution in [0.25, 0.3) is 21.6 Å². The van der Waals surface area contributed by atoms with Gasteiger partial charge in [-0.1, -0.05) is 61.2 Å². The molecule has 3 rings (SSSR count). The van der Waals surface area contributed by atoms with Gasteiger partial charge in [0.05, 0.1) is 0 Å². The van der Waals surface area contributed by atoms with Crippen molar-refractivity contribution in [1.29, 1.82) is 0 Å². The summed E-state index contributed by atoms with van der Waals surface area (Å²) in [4.78, 5) is 2.57. The van der Waals surface area contributed by atoms with Gasteiger partial charge < -0.3 is 0 Å². The van der Waals surface area contributed by atoms with Crippen molar-refractivity contribution in [2.75, 3.05) is 0 Å². The van der Waals surface area contributed by atoms with Crippen molar-refractivity contribution in [3.63, 3.8) is 0 Å². The van der Waals surface area contributed by atoms with E-state index in [9.17, 15) is 0 Å². The van der Waals surface area contributed by atoms with E-state index in [0.717, 1.165) is 24.0 Å². The Hall–Kier alpha value is -2.38. The van der Waals surface area contributed by atoms with E-state index in [-0.39, 0.29) is 0 Å². The summed E-state index contributed by atoms with van der Waals surface area (Å²) in [6, 6.07) is 20.1. The zero-order valence-corrected chi connectivity index (χ0v) is 16.7. The zero-order chi connectivity index (χ0) is 18.7. The fourth-order valence-electron chi connectivity index (χ4n) is 3.21. The van der Waals surface area contributed by atoms with Gasteiger partial charge in [0.1, 0.15) is 0 Å². The van der Waals surface area contributed by atoms with Crippen LogP contribution < -0.4 is 0 Å². The van der Waals surface area contributed by atoms with E-state index >= 15 is 0 Å². The van der Waals surface area contributed by atoms with E-state index < -0.39 is 0 Å². The van der Waals surface area contributed by atoms with Gasteiger partial charge in [0, 0.05) is 9.75 Å². The Balaban J connectivity index is 1.67. The van der Waals surface area contributed by atoms with Crippen LogP contribution in [0, 0.1) is 6.92 Å². The summed E-state index contributed by atoms with van der Waals surface area (Å²) in [5, 5.41) is 0. The number of benzene rings is 2. The molecule has 132 valence electrons. The summed E-state index contributed by atoms with van der Waals surface area (Å²) in [7, 11) is 0. The highest BCUT2D eigenvalue weighted by Crippen LogP contribution is 2.31. The fraction of sp³-hybridized carbons (Fsp3) is 0.200. The van der Waals surface area contributed by atoms with Crippen LogP contribution in [-0.2, 0) is 12.8 Å². The molecular formula is C25H26S. The van der Waals surface area contributed by atoms with Gasteiger partial charge in [0.25, 0.3) is 0 Å². The molecule has 0 nitrogen and oxygen atoms in total. The first-order valence-electron chi connectivity index (χ1n) is 9.04. The molecule has 0 aliphatic rings. The Kier molecular flexibility index (Phi) is 5.58. The lowest BCUT2D eigenvalue weighted by molar-refractivity contribution is 0.958. The average Bonchev–Trinajstić information content (AvgIpc) is 3.10. The van der Waals surface area contributed by atoms with Gasteiger partial charge in [-0.25, -0.2) is 0 Å². The molecule has 2 aromatic carbocycles. The maximum Gasteiger partial charge on any atom is 0.0349 e. The van der Waals surface area contributed by atoms with Crippen molar-refractivity contribution in [2.45, 2.75) is 33.6 Å². The summed E-state index contributed by atoms with van der Waals surface area (Å²) in [5.41, 5.74) is 8.90. The standard InChI is InChI=1S/C25H26S/c1-17(2)23-13-10-21(16-19(23)5)7-6-20-8-11-22(12-9-20)25-15-14-24(26-25)18(3)4/h8-16H,1,3,6-7H2,2,4-5H3. The molecule has 0 unspecified atom stereocenters. The fourth-order valence-corrected chi connectivity index (χ4v) is 4.14. The van der Waals surface area contributed by atoms with Crippen LogP contribution >= 0.6 is 11.3 Å². The first-order chi connectivity index (χ1) is 12.4. The molecular weight excluding hydrogens is 332 g/mol. The van der Waals surface area contributed by atoms with Gasteiger partial charge in [-0.3, -0.25) is 0 Å². The smallest absolute Gasteiger partial charge is 0.0349 e. The summed E-state index contributed by atoms with van der Waals surface area (Å²) < 4.78 is 0. The number of hydrogen-bond donors (Lipinski definition) is 0. The van der Waals surface area contributed by atoms with Crippen molar-refractivity contribution in [1.82, 2.24) is 0 Å². The minimum Gasteiger partial charge on any atom is -0.136 e. The number of allylic oxidation sites excluding steroid dienone is 2. The lowest BCUT2D eigenvalue weighted by atomic mass is 9.97. The highest BCUT2D eigenvalue weighted by atomic mass is 32.1. The highest BCUT2D eigenvalue weighted by molar-refractivity contribution is 7.16. The van der Waals surface area contributed by atoms with E-state index in [2.05, 4.69) is 88.5 Å². The minimum absolute atomic E-state index is 1.06. The van der Waals surface area contributed by atoms with Gasteiger partial charge in [0.15, 0.2) is 0 Å². The molecule has 26 heavy (non-hydrogen) atoms. The van der Waals surface area contributed by atoms with Crippen molar-refractivity contribution in [3.8, 4) is 10.4 Å². The zero-order valence-electron chi connectivity index (χ0n) is 15.9. The van der Waals surface area contributed by atoms with Crippen molar-refractivity contribution in [2.24, 2.45) is 0 Å². The number of rotatable bonds is 6. The second-order valence-corrected chi connectivity index (χ2v) is 8.15. The number of aryl methyl sites for hydroxylation is 3. The molecule has 0 fully saturated rings. The lowest BCUT2D eigenvalue weighted by Crippen LogP contribution is -1.94. The van der Waals surface area contributed by atoms with Gasteiger partial charge >= 0.3 is 0 Å². The Morgan fingerprint density at radius 2 is 1.46 bits per heavy atom. The summed E-state index contributed by atoms with van der Waals surface area (Å²) in [5.74, 6) is 0. The number of hydrogen-bond acceptors (Lipinski definition) is 1. The Bertz CT molecular complexity index is 939. The quantitative estimate of drug-likeness (QED) is 0.426. The molecule has 0 radical (unpaired) electrons.